The van der Waals surface area contributed by atoms with Crippen molar-refractivity contribution in [2.75, 3.05) is 0 Å². The molecule has 0 radical (unpaired) electrons. The van der Waals surface area contributed by atoms with E-state index < -0.39 is 0 Å². The van der Waals surface area contributed by atoms with Crippen molar-refractivity contribution in [1.29, 1.82) is 0 Å². The fourth-order valence-corrected chi connectivity index (χ4v) is 1.58. The quantitative estimate of drug-likeness (QED) is 0.583. The van der Waals surface area contributed by atoms with E-state index in [1.807, 2.05) is 0 Å². The zero-order valence-electron chi connectivity index (χ0n) is 7.25. The first-order chi connectivity index (χ1) is 5.88. The molecule has 0 aliphatic heterocycles. The Morgan fingerprint density at radius 2 is 2.33 bits per heavy atom. The molecule has 0 nitrogen and oxygen atoms in total. The van der Waals surface area contributed by atoms with Gasteiger partial charge in [0.1, 0.15) is 0 Å². The van der Waals surface area contributed by atoms with Crippen LogP contribution in [-0.2, 0) is 0 Å². The summed E-state index contributed by atoms with van der Waals surface area (Å²) in [5.41, 5.74) is 4.20. The van der Waals surface area contributed by atoms with Crippen LogP contribution in [0.5, 0.6) is 0 Å². The summed E-state index contributed by atoms with van der Waals surface area (Å²) in [6, 6.07) is 4.29. The molecule has 0 N–H and O–H groups in total. The summed E-state index contributed by atoms with van der Waals surface area (Å²) in [6.45, 7) is 4.32. The van der Waals surface area contributed by atoms with E-state index in [2.05, 4.69) is 50.2 Å². The van der Waals surface area contributed by atoms with Gasteiger partial charge in [-0.2, -0.15) is 0 Å². The molecule has 0 fully saturated rings. The standard InChI is InChI=1S/C11H11B/c1-9-11(7-4-8-12-9)10-5-2-3-6-10/h2-5,7-8H,6H2,1H3. The van der Waals surface area contributed by atoms with E-state index in [1.165, 1.54) is 16.6 Å². The molecule has 0 saturated heterocycles. The second-order valence-electron chi connectivity index (χ2n) is 3.14. The van der Waals surface area contributed by atoms with Crippen LogP contribution in [0.4, 0.5) is 0 Å². The summed E-state index contributed by atoms with van der Waals surface area (Å²) in [7, 11) is 0. The molecule has 58 valence electrons. The summed E-state index contributed by atoms with van der Waals surface area (Å²) in [6.07, 6.45) is 7.61. The maximum atomic E-state index is 2.20. The summed E-state index contributed by atoms with van der Waals surface area (Å²) in [5, 5.41) is 0. The van der Waals surface area contributed by atoms with Crippen LogP contribution in [-0.4, -0.2) is 6.91 Å². The number of hydrogen-bond acceptors (Lipinski definition) is 0. The van der Waals surface area contributed by atoms with Crippen LogP contribution in [0.15, 0.2) is 36.3 Å². The van der Waals surface area contributed by atoms with Gasteiger partial charge in [0.2, 0.25) is 0 Å². The Morgan fingerprint density at radius 3 is 3.00 bits per heavy atom. The molecule has 0 spiro atoms. The van der Waals surface area contributed by atoms with Crippen molar-refractivity contribution in [2.45, 2.75) is 13.3 Å². The molecular weight excluding hydrogens is 143 g/mol. The van der Waals surface area contributed by atoms with Crippen molar-refractivity contribution in [3.8, 4) is 0 Å². The first kappa shape index (κ1) is 7.54. The molecule has 0 amide bonds. The Morgan fingerprint density at radius 1 is 1.42 bits per heavy atom. The molecule has 1 aromatic heterocycles. The van der Waals surface area contributed by atoms with E-state index in [-0.39, 0.29) is 0 Å². The number of rotatable bonds is 1. The minimum atomic E-state index is 1.09. The Balaban J connectivity index is 2.40. The van der Waals surface area contributed by atoms with Gasteiger partial charge in [-0.05, 0) is 0 Å². The third-order valence-corrected chi connectivity index (χ3v) is 2.26. The van der Waals surface area contributed by atoms with Crippen LogP contribution in [0.1, 0.15) is 17.4 Å². The van der Waals surface area contributed by atoms with Crippen LogP contribution in [0.3, 0.4) is 0 Å². The molecule has 1 aliphatic rings. The van der Waals surface area contributed by atoms with E-state index in [9.17, 15) is 0 Å². The number of aryl methyl sites for hydroxylation is 1. The van der Waals surface area contributed by atoms with Gasteiger partial charge < -0.3 is 0 Å². The molecule has 0 saturated carbocycles. The second kappa shape index (κ2) is 3.10. The van der Waals surface area contributed by atoms with Crippen molar-refractivity contribution in [3.63, 3.8) is 0 Å². The summed E-state index contributed by atoms with van der Waals surface area (Å²) in [5.74, 6) is 2.09. The molecule has 2 rings (SSSR count). The topological polar surface area (TPSA) is 0 Å². The Labute approximate surface area is 73.8 Å². The summed E-state index contributed by atoms with van der Waals surface area (Å²) in [4.78, 5) is 0. The van der Waals surface area contributed by atoms with Gasteiger partial charge >= 0.3 is 73.2 Å². The van der Waals surface area contributed by atoms with Crippen molar-refractivity contribution in [3.05, 3.63) is 47.3 Å². The molecule has 0 unspecified atom stereocenters. The summed E-state index contributed by atoms with van der Waals surface area (Å²) < 4.78 is 0. The molecule has 0 aromatic carbocycles. The monoisotopic (exact) mass is 154 g/mol. The van der Waals surface area contributed by atoms with Gasteiger partial charge in [-0.25, -0.2) is 0 Å². The maximum absolute atomic E-state index is 2.20. The zero-order chi connectivity index (χ0) is 8.39. The van der Waals surface area contributed by atoms with Gasteiger partial charge in [0.25, 0.3) is 0 Å². The van der Waals surface area contributed by atoms with Gasteiger partial charge in [0.05, 0.1) is 0 Å². The first-order valence-corrected chi connectivity index (χ1v) is 4.29. The third kappa shape index (κ3) is 1.27. The minimum absolute atomic E-state index is 1.09. The number of hydrogen-bond donors (Lipinski definition) is 0. The average Bonchev–Trinajstić information content (AvgIpc) is 2.57. The third-order valence-electron chi connectivity index (χ3n) is 2.26. The van der Waals surface area contributed by atoms with Crippen LogP contribution < -0.4 is 0 Å². The van der Waals surface area contributed by atoms with Crippen molar-refractivity contribution >= 4 is 12.5 Å². The molecule has 0 atom stereocenters. The molecule has 1 aromatic rings. The van der Waals surface area contributed by atoms with E-state index >= 15 is 0 Å². The fraction of sp³-hybridized carbons (Fsp3) is 0.182. The number of allylic oxidation sites excluding steroid dienone is 4. The average molecular weight is 154 g/mol. The Hall–Kier alpha value is -1.11. The van der Waals surface area contributed by atoms with Gasteiger partial charge in [-0.15, -0.1) is 0 Å². The summed E-state index contributed by atoms with van der Waals surface area (Å²) >= 11 is 0. The SMILES string of the molecule is Cc1bcccc1C1=CC=CC1. The van der Waals surface area contributed by atoms with Crippen molar-refractivity contribution < 1.29 is 0 Å². The van der Waals surface area contributed by atoms with Crippen LogP contribution in [0.25, 0.3) is 5.57 Å². The predicted octanol–water partition coefficient (Wildman–Crippen LogP) is 2.68. The van der Waals surface area contributed by atoms with Crippen LogP contribution in [0.2, 0.25) is 0 Å². The van der Waals surface area contributed by atoms with Crippen LogP contribution >= 0.6 is 0 Å². The van der Waals surface area contributed by atoms with Crippen molar-refractivity contribution in [2.24, 2.45) is 0 Å². The fourth-order valence-electron chi connectivity index (χ4n) is 1.58. The Kier molecular flexibility index (Phi) is 1.95. The first-order valence-electron chi connectivity index (χ1n) is 4.29. The van der Waals surface area contributed by atoms with Crippen molar-refractivity contribution in [1.82, 2.24) is 0 Å². The zero-order valence-corrected chi connectivity index (χ0v) is 7.25. The molecule has 1 heterocycles. The van der Waals surface area contributed by atoms with E-state index in [0.717, 1.165) is 6.42 Å². The second-order valence-corrected chi connectivity index (χ2v) is 3.14. The van der Waals surface area contributed by atoms with Gasteiger partial charge in [0, 0.05) is 0 Å². The molecule has 12 heavy (non-hydrogen) atoms. The normalized spacial score (nSPS) is 14.6. The Bertz CT molecular complexity index is 348. The molecule has 1 aliphatic carbocycles. The van der Waals surface area contributed by atoms with E-state index in [0.29, 0.717) is 0 Å². The van der Waals surface area contributed by atoms with E-state index in [4.69, 9.17) is 0 Å². The molecule has 0 bridgehead atoms. The molecular formula is C11H11B. The van der Waals surface area contributed by atoms with Gasteiger partial charge in [-0.3, -0.25) is 0 Å². The predicted molar refractivity (Wildman–Crippen MR) is 54.3 cm³/mol. The van der Waals surface area contributed by atoms with Gasteiger partial charge in [-0.1, -0.05) is 0 Å². The van der Waals surface area contributed by atoms with Gasteiger partial charge in [0.15, 0.2) is 0 Å². The molecule has 1 heteroatoms. The van der Waals surface area contributed by atoms with Crippen LogP contribution in [0, 0.1) is 6.92 Å². The van der Waals surface area contributed by atoms with E-state index in [1.54, 1.807) is 0 Å².